The molecule has 0 spiro atoms. The largest absolute Gasteiger partial charge is 0.493 e. The molecule has 0 aliphatic carbocycles. The fraction of sp³-hybridized carbons (Fsp3) is 0.455. The number of aromatic nitrogens is 1. The summed E-state index contributed by atoms with van der Waals surface area (Å²) in [6.45, 7) is 4.33. The van der Waals surface area contributed by atoms with E-state index in [2.05, 4.69) is 17.2 Å². The van der Waals surface area contributed by atoms with Crippen molar-refractivity contribution in [2.75, 3.05) is 32.6 Å². The lowest BCUT2D eigenvalue weighted by atomic mass is 9.98. The number of pyridine rings is 1. The molecule has 2 aromatic rings. The topological polar surface area (TPSA) is 63.7 Å². The summed E-state index contributed by atoms with van der Waals surface area (Å²) in [6.07, 6.45) is 5.98. The average molecular weight is 383 g/mol. The first kappa shape index (κ1) is 20.0. The zero-order chi connectivity index (χ0) is 19.9. The minimum absolute atomic E-state index is 0.00506. The van der Waals surface area contributed by atoms with Gasteiger partial charge >= 0.3 is 0 Å². The van der Waals surface area contributed by atoms with Gasteiger partial charge in [-0.25, -0.2) is 4.98 Å². The van der Waals surface area contributed by atoms with Crippen molar-refractivity contribution in [1.82, 2.24) is 9.88 Å². The van der Waals surface area contributed by atoms with Crippen LogP contribution in [0.25, 0.3) is 0 Å². The van der Waals surface area contributed by atoms with Crippen molar-refractivity contribution >= 4 is 11.7 Å². The number of fused-ring (bicyclic) bond motifs is 1. The number of nitrogens with zero attached hydrogens (tertiary/aromatic N) is 2. The maximum atomic E-state index is 12.9. The van der Waals surface area contributed by atoms with Crippen molar-refractivity contribution in [2.24, 2.45) is 0 Å². The second kappa shape index (κ2) is 9.44. The number of carbonyl (C=O) groups is 1. The summed E-state index contributed by atoms with van der Waals surface area (Å²) in [7, 11) is 3.26. The molecule has 1 aromatic carbocycles. The van der Waals surface area contributed by atoms with Crippen LogP contribution in [0.2, 0.25) is 0 Å². The van der Waals surface area contributed by atoms with E-state index in [9.17, 15) is 4.79 Å². The molecule has 150 valence electrons. The Bertz CT molecular complexity index is 805. The first-order valence-electron chi connectivity index (χ1n) is 9.89. The van der Waals surface area contributed by atoms with Gasteiger partial charge in [-0.1, -0.05) is 19.8 Å². The lowest BCUT2D eigenvalue weighted by molar-refractivity contribution is 0.0734. The maximum absolute atomic E-state index is 12.9. The zero-order valence-electron chi connectivity index (χ0n) is 17.0. The Morgan fingerprint density at radius 1 is 1.14 bits per heavy atom. The molecule has 2 heterocycles. The maximum Gasteiger partial charge on any atom is 0.255 e. The molecule has 28 heavy (non-hydrogen) atoms. The molecule has 0 saturated heterocycles. The minimum atomic E-state index is 0.00506. The van der Waals surface area contributed by atoms with E-state index < -0.39 is 0 Å². The highest BCUT2D eigenvalue weighted by atomic mass is 16.5. The van der Waals surface area contributed by atoms with E-state index in [4.69, 9.17) is 9.47 Å². The van der Waals surface area contributed by atoms with Gasteiger partial charge in [0.15, 0.2) is 11.5 Å². The van der Waals surface area contributed by atoms with E-state index in [0.29, 0.717) is 24.4 Å². The van der Waals surface area contributed by atoms with Crippen LogP contribution in [0.3, 0.4) is 0 Å². The number of nitrogens with one attached hydrogen (secondary N) is 1. The third kappa shape index (κ3) is 4.55. The van der Waals surface area contributed by atoms with Crippen LogP contribution in [-0.2, 0) is 13.0 Å². The Balaban J connectivity index is 1.65. The van der Waals surface area contributed by atoms with Crippen molar-refractivity contribution in [3.63, 3.8) is 0 Å². The second-order valence-electron chi connectivity index (χ2n) is 7.02. The monoisotopic (exact) mass is 383 g/mol. The van der Waals surface area contributed by atoms with Gasteiger partial charge in [-0.05, 0) is 48.2 Å². The summed E-state index contributed by atoms with van der Waals surface area (Å²) in [5.74, 6) is 2.24. The van der Waals surface area contributed by atoms with E-state index in [-0.39, 0.29) is 5.91 Å². The smallest absolute Gasteiger partial charge is 0.255 e. The molecule has 3 rings (SSSR count). The van der Waals surface area contributed by atoms with Gasteiger partial charge in [0.2, 0.25) is 0 Å². The third-order valence-electron chi connectivity index (χ3n) is 5.10. The van der Waals surface area contributed by atoms with E-state index in [0.717, 1.165) is 36.5 Å². The number of benzene rings is 1. The Hall–Kier alpha value is -2.76. The summed E-state index contributed by atoms with van der Waals surface area (Å²) >= 11 is 0. The second-order valence-corrected chi connectivity index (χ2v) is 7.02. The molecule has 0 unspecified atom stereocenters. The summed E-state index contributed by atoms with van der Waals surface area (Å²) in [5.41, 5.74) is 2.91. The average Bonchev–Trinajstić information content (AvgIpc) is 2.75. The molecular formula is C22H29N3O3. The number of methoxy groups -OCH3 is 2. The van der Waals surface area contributed by atoms with Crippen molar-refractivity contribution in [1.29, 1.82) is 0 Å². The van der Waals surface area contributed by atoms with Crippen LogP contribution in [0, 0.1) is 0 Å². The first-order valence-corrected chi connectivity index (χ1v) is 9.89. The predicted octanol–water partition coefficient (Wildman–Crippen LogP) is 3.90. The fourth-order valence-corrected chi connectivity index (χ4v) is 3.46. The predicted molar refractivity (Wildman–Crippen MR) is 110 cm³/mol. The SMILES string of the molecule is CCCCCNc1ccc(C(=O)N2CCc3cc(OC)c(OC)cc3C2)cn1. The van der Waals surface area contributed by atoms with E-state index >= 15 is 0 Å². The number of hydrogen-bond acceptors (Lipinski definition) is 5. The van der Waals surface area contributed by atoms with Gasteiger partial charge < -0.3 is 19.7 Å². The van der Waals surface area contributed by atoms with Crippen LogP contribution < -0.4 is 14.8 Å². The minimum Gasteiger partial charge on any atom is -0.493 e. The summed E-state index contributed by atoms with van der Waals surface area (Å²) < 4.78 is 10.8. The molecule has 1 amide bonds. The Labute approximate surface area is 166 Å². The number of rotatable bonds is 8. The van der Waals surface area contributed by atoms with Crippen molar-refractivity contribution in [3.05, 3.63) is 47.2 Å². The number of amides is 1. The van der Waals surface area contributed by atoms with Gasteiger partial charge in [-0.15, -0.1) is 0 Å². The van der Waals surface area contributed by atoms with Gasteiger partial charge in [-0.2, -0.15) is 0 Å². The highest BCUT2D eigenvalue weighted by Gasteiger charge is 2.24. The van der Waals surface area contributed by atoms with Crippen LogP contribution in [-0.4, -0.2) is 43.1 Å². The van der Waals surface area contributed by atoms with Crippen molar-refractivity contribution in [2.45, 2.75) is 39.2 Å². The molecule has 6 heteroatoms. The van der Waals surface area contributed by atoms with E-state index in [1.807, 2.05) is 29.2 Å². The van der Waals surface area contributed by atoms with Crippen LogP contribution in [0.15, 0.2) is 30.5 Å². The van der Waals surface area contributed by atoms with Crippen LogP contribution in [0.5, 0.6) is 11.5 Å². The highest BCUT2D eigenvalue weighted by Crippen LogP contribution is 2.33. The van der Waals surface area contributed by atoms with Gasteiger partial charge in [0.1, 0.15) is 5.82 Å². The lowest BCUT2D eigenvalue weighted by Gasteiger charge is -2.29. The Kier molecular flexibility index (Phi) is 6.74. The highest BCUT2D eigenvalue weighted by molar-refractivity contribution is 5.94. The molecule has 0 saturated carbocycles. The standard InChI is InChI=1S/C22H29N3O3/c1-4-5-6-10-23-21-8-7-17(14-24-21)22(26)25-11-9-16-12-19(27-2)20(28-3)13-18(16)15-25/h7-8,12-14H,4-6,9-11,15H2,1-3H3,(H,23,24). The van der Waals surface area contributed by atoms with Crippen molar-refractivity contribution in [3.8, 4) is 11.5 Å². The molecule has 1 aromatic heterocycles. The van der Waals surface area contributed by atoms with Crippen LogP contribution >= 0.6 is 0 Å². The molecule has 0 atom stereocenters. The number of ether oxygens (including phenoxy) is 2. The number of carbonyl (C=O) groups excluding carboxylic acids is 1. The molecule has 0 fully saturated rings. The molecule has 6 nitrogen and oxygen atoms in total. The number of anilines is 1. The molecule has 1 aliphatic heterocycles. The van der Waals surface area contributed by atoms with Crippen LogP contribution in [0.1, 0.15) is 47.7 Å². The van der Waals surface area contributed by atoms with E-state index in [1.165, 1.54) is 18.4 Å². The normalized spacial score (nSPS) is 13.0. The molecule has 0 bridgehead atoms. The fourth-order valence-electron chi connectivity index (χ4n) is 3.46. The third-order valence-corrected chi connectivity index (χ3v) is 5.10. The van der Waals surface area contributed by atoms with Gasteiger partial charge in [0.25, 0.3) is 5.91 Å². The quantitative estimate of drug-likeness (QED) is 0.701. The van der Waals surface area contributed by atoms with Crippen molar-refractivity contribution < 1.29 is 14.3 Å². The lowest BCUT2D eigenvalue weighted by Crippen LogP contribution is -2.36. The van der Waals surface area contributed by atoms with E-state index in [1.54, 1.807) is 20.4 Å². The van der Waals surface area contributed by atoms with Gasteiger partial charge in [0, 0.05) is 25.8 Å². The number of hydrogen-bond donors (Lipinski definition) is 1. The Morgan fingerprint density at radius 3 is 2.54 bits per heavy atom. The molecule has 1 aliphatic rings. The molecule has 0 radical (unpaired) electrons. The van der Waals surface area contributed by atoms with Gasteiger partial charge in [-0.3, -0.25) is 4.79 Å². The van der Waals surface area contributed by atoms with Gasteiger partial charge in [0.05, 0.1) is 19.8 Å². The number of unbranched alkanes of at least 4 members (excludes halogenated alkanes) is 2. The Morgan fingerprint density at radius 2 is 1.89 bits per heavy atom. The van der Waals surface area contributed by atoms with Crippen LogP contribution in [0.4, 0.5) is 5.82 Å². The summed E-state index contributed by atoms with van der Waals surface area (Å²) in [4.78, 5) is 19.2. The molecule has 1 N–H and O–H groups in total. The zero-order valence-corrected chi connectivity index (χ0v) is 17.0. The summed E-state index contributed by atoms with van der Waals surface area (Å²) in [5, 5.41) is 3.30. The molecular weight excluding hydrogens is 354 g/mol. The summed E-state index contributed by atoms with van der Waals surface area (Å²) in [6, 6.07) is 7.71. The first-order chi connectivity index (χ1) is 13.7.